The lowest BCUT2D eigenvalue weighted by Gasteiger charge is -2.18. The lowest BCUT2D eigenvalue weighted by atomic mass is 10.2. The zero-order valence-corrected chi connectivity index (χ0v) is 17.1. The van der Waals surface area contributed by atoms with Crippen LogP contribution in [0.25, 0.3) is 6.08 Å². The molecule has 0 fully saturated rings. The summed E-state index contributed by atoms with van der Waals surface area (Å²) in [4.78, 5) is 13.9. The van der Waals surface area contributed by atoms with E-state index in [1.165, 1.54) is 39.5 Å². The van der Waals surface area contributed by atoms with Crippen LogP contribution in [-0.2, 0) is 21.4 Å². The highest BCUT2D eigenvalue weighted by Crippen LogP contribution is 2.17. The predicted octanol–water partition coefficient (Wildman–Crippen LogP) is 3.53. The largest absolute Gasteiger partial charge is 0.338 e. The Balaban J connectivity index is 2.04. The van der Waals surface area contributed by atoms with Crippen LogP contribution in [-0.4, -0.2) is 43.7 Å². The van der Waals surface area contributed by atoms with Crippen LogP contribution in [0.4, 0.5) is 4.39 Å². The highest BCUT2D eigenvalue weighted by Gasteiger charge is 2.20. The second kappa shape index (κ2) is 9.61. The molecule has 0 aromatic heterocycles. The van der Waals surface area contributed by atoms with Gasteiger partial charge in [0.1, 0.15) is 5.82 Å². The summed E-state index contributed by atoms with van der Waals surface area (Å²) in [5, 5.41) is 0. The molecule has 2 rings (SSSR count). The van der Waals surface area contributed by atoms with E-state index in [1.807, 2.05) is 0 Å². The number of carbonyl (C=O) groups is 1. The summed E-state index contributed by atoms with van der Waals surface area (Å²) < 4.78 is 39.6. The molecule has 0 aliphatic heterocycles. The number of hydrogen-bond acceptors (Lipinski definition) is 3. The molecule has 0 aliphatic carbocycles. The Hall–Kier alpha value is -2.51. The number of rotatable bonds is 8. The zero-order valence-electron chi connectivity index (χ0n) is 16.3. The van der Waals surface area contributed by atoms with E-state index in [0.717, 1.165) is 0 Å². The molecule has 0 spiro atoms. The number of halogens is 1. The monoisotopic (exact) mass is 404 g/mol. The first kappa shape index (κ1) is 21.8. The maximum Gasteiger partial charge on any atom is 0.246 e. The van der Waals surface area contributed by atoms with Crippen LogP contribution >= 0.6 is 0 Å². The minimum Gasteiger partial charge on any atom is -0.338 e. The van der Waals surface area contributed by atoms with Crippen molar-refractivity contribution in [2.24, 2.45) is 0 Å². The SMILES string of the molecule is CCN(CC)S(=O)(=O)c1ccc(/C=C/C(=O)N(C)Cc2cccc(F)c2)cc1. The molecule has 28 heavy (non-hydrogen) atoms. The Labute approximate surface area is 166 Å². The van der Waals surface area contributed by atoms with Gasteiger partial charge in [0, 0.05) is 32.8 Å². The van der Waals surface area contributed by atoms with Crippen molar-refractivity contribution >= 4 is 22.0 Å². The van der Waals surface area contributed by atoms with Crippen LogP contribution in [0.3, 0.4) is 0 Å². The predicted molar refractivity (Wildman–Crippen MR) is 108 cm³/mol. The molecule has 0 bridgehead atoms. The van der Waals surface area contributed by atoms with E-state index in [0.29, 0.717) is 30.8 Å². The molecule has 0 saturated carbocycles. The van der Waals surface area contributed by atoms with Gasteiger partial charge in [-0.05, 0) is 41.5 Å². The number of likely N-dealkylation sites (N-methyl/N-ethyl adjacent to an activating group) is 1. The molecular formula is C21H25FN2O3S. The molecule has 0 aliphatic rings. The third kappa shape index (κ3) is 5.50. The second-order valence-corrected chi connectivity index (χ2v) is 8.25. The molecule has 2 aromatic rings. The molecule has 150 valence electrons. The van der Waals surface area contributed by atoms with Crippen molar-refractivity contribution in [1.82, 2.24) is 9.21 Å². The number of amides is 1. The normalized spacial score (nSPS) is 11.9. The molecule has 1 amide bonds. The highest BCUT2D eigenvalue weighted by atomic mass is 32.2. The Morgan fingerprint density at radius 2 is 1.71 bits per heavy atom. The number of hydrogen-bond donors (Lipinski definition) is 0. The van der Waals surface area contributed by atoms with Gasteiger partial charge in [0.25, 0.3) is 0 Å². The highest BCUT2D eigenvalue weighted by molar-refractivity contribution is 7.89. The molecule has 0 radical (unpaired) electrons. The van der Waals surface area contributed by atoms with Crippen molar-refractivity contribution in [2.45, 2.75) is 25.3 Å². The van der Waals surface area contributed by atoms with Crippen LogP contribution in [0.15, 0.2) is 59.5 Å². The molecule has 2 aromatic carbocycles. The lowest BCUT2D eigenvalue weighted by Crippen LogP contribution is -2.30. The van der Waals surface area contributed by atoms with E-state index in [1.54, 1.807) is 51.2 Å². The number of carbonyl (C=O) groups excluding carboxylic acids is 1. The van der Waals surface area contributed by atoms with Gasteiger partial charge in [-0.3, -0.25) is 4.79 Å². The summed E-state index contributed by atoms with van der Waals surface area (Å²) in [5.41, 5.74) is 1.42. The zero-order chi connectivity index (χ0) is 20.7. The summed E-state index contributed by atoms with van der Waals surface area (Å²) >= 11 is 0. The van der Waals surface area contributed by atoms with Crippen LogP contribution in [0, 0.1) is 5.82 Å². The molecule has 7 heteroatoms. The van der Waals surface area contributed by atoms with Gasteiger partial charge in [-0.1, -0.05) is 38.1 Å². The van der Waals surface area contributed by atoms with Crippen LogP contribution in [0.5, 0.6) is 0 Å². The third-order valence-corrected chi connectivity index (χ3v) is 6.39. The number of benzene rings is 2. The van der Waals surface area contributed by atoms with E-state index in [2.05, 4.69) is 0 Å². The van der Waals surface area contributed by atoms with Gasteiger partial charge in [0.2, 0.25) is 15.9 Å². The van der Waals surface area contributed by atoms with Crippen molar-refractivity contribution < 1.29 is 17.6 Å². The van der Waals surface area contributed by atoms with Crippen LogP contribution in [0.1, 0.15) is 25.0 Å². The maximum atomic E-state index is 13.2. The fourth-order valence-corrected chi connectivity index (χ4v) is 4.20. The van der Waals surface area contributed by atoms with Crippen molar-refractivity contribution in [3.05, 3.63) is 71.6 Å². The fraction of sp³-hybridized carbons (Fsp3) is 0.286. The molecule has 0 saturated heterocycles. The Kier molecular flexibility index (Phi) is 7.48. The molecule has 5 nitrogen and oxygen atoms in total. The summed E-state index contributed by atoms with van der Waals surface area (Å²) in [6.07, 6.45) is 3.03. The van der Waals surface area contributed by atoms with Crippen molar-refractivity contribution in [3.8, 4) is 0 Å². The summed E-state index contributed by atoms with van der Waals surface area (Å²) in [5.74, 6) is -0.572. The fourth-order valence-electron chi connectivity index (χ4n) is 2.75. The number of sulfonamides is 1. The molecule has 0 N–H and O–H groups in total. The topological polar surface area (TPSA) is 57.7 Å². The Bertz CT molecular complexity index is 936. The van der Waals surface area contributed by atoms with Gasteiger partial charge in [0.15, 0.2) is 0 Å². The standard InChI is InChI=1S/C21H25FN2O3S/c1-4-24(5-2)28(26,27)20-12-9-17(10-13-20)11-14-21(25)23(3)16-18-7-6-8-19(22)15-18/h6-15H,4-5,16H2,1-3H3/b14-11+. The van der Waals surface area contributed by atoms with Gasteiger partial charge < -0.3 is 4.90 Å². The van der Waals surface area contributed by atoms with E-state index < -0.39 is 10.0 Å². The van der Waals surface area contributed by atoms with Gasteiger partial charge in [-0.25, -0.2) is 12.8 Å². The van der Waals surface area contributed by atoms with Crippen molar-refractivity contribution in [2.75, 3.05) is 20.1 Å². The first-order valence-electron chi connectivity index (χ1n) is 9.05. The molecule has 0 atom stereocenters. The molecule has 0 heterocycles. The van der Waals surface area contributed by atoms with E-state index in [9.17, 15) is 17.6 Å². The smallest absolute Gasteiger partial charge is 0.246 e. The molecular weight excluding hydrogens is 379 g/mol. The van der Waals surface area contributed by atoms with Crippen LogP contribution < -0.4 is 0 Å². The third-order valence-electron chi connectivity index (χ3n) is 4.33. The van der Waals surface area contributed by atoms with Crippen LogP contribution in [0.2, 0.25) is 0 Å². The van der Waals surface area contributed by atoms with Crippen molar-refractivity contribution in [3.63, 3.8) is 0 Å². The van der Waals surface area contributed by atoms with E-state index >= 15 is 0 Å². The van der Waals surface area contributed by atoms with Crippen molar-refractivity contribution in [1.29, 1.82) is 0 Å². The first-order chi connectivity index (χ1) is 13.3. The minimum absolute atomic E-state index is 0.225. The van der Waals surface area contributed by atoms with Gasteiger partial charge >= 0.3 is 0 Å². The quantitative estimate of drug-likeness (QED) is 0.633. The maximum absolute atomic E-state index is 13.2. The minimum atomic E-state index is -3.50. The second-order valence-electron chi connectivity index (χ2n) is 6.32. The number of nitrogens with zero attached hydrogens (tertiary/aromatic N) is 2. The van der Waals surface area contributed by atoms with E-state index in [4.69, 9.17) is 0 Å². The average Bonchev–Trinajstić information content (AvgIpc) is 2.67. The lowest BCUT2D eigenvalue weighted by molar-refractivity contribution is -0.125. The first-order valence-corrected chi connectivity index (χ1v) is 10.5. The van der Waals surface area contributed by atoms with Gasteiger partial charge in [-0.2, -0.15) is 4.31 Å². The Morgan fingerprint density at radius 3 is 2.29 bits per heavy atom. The summed E-state index contributed by atoms with van der Waals surface area (Å²) in [7, 11) is -1.86. The van der Waals surface area contributed by atoms with Gasteiger partial charge in [0.05, 0.1) is 4.90 Å². The van der Waals surface area contributed by atoms with E-state index in [-0.39, 0.29) is 16.6 Å². The molecule has 0 unspecified atom stereocenters. The Morgan fingerprint density at radius 1 is 1.07 bits per heavy atom. The summed E-state index contributed by atoms with van der Waals surface area (Å²) in [6.45, 7) is 4.70. The average molecular weight is 405 g/mol. The summed E-state index contributed by atoms with van der Waals surface area (Å²) in [6, 6.07) is 12.5. The van der Waals surface area contributed by atoms with Gasteiger partial charge in [-0.15, -0.1) is 0 Å².